The normalized spacial score (nSPS) is 17.2. The van der Waals surface area contributed by atoms with Crippen LogP contribution in [0.4, 0.5) is 5.82 Å². The molecule has 1 atom stereocenters. The van der Waals surface area contributed by atoms with Gasteiger partial charge in [-0.05, 0) is 36.7 Å². The minimum Gasteiger partial charge on any atom is -0.373 e. The van der Waals surface area contributed by atoms with Crippen LogP contribution in [-0.4, -0.2) is 54.4 Å². The Morgan fingerprint density at radius 1 is 1.33 bits per heavy atom. The lowest BCUT2D eigenvalue weighted by atomic mass is 9.94. The zero-order valence-electron chi connectivity index (χ0n) is 14.5. The Morgan fingerprint density at radius 3 is 2.83 bits per heavy atom. The number of aromatic nitrogens is 1. The molecule has 0 unspecified atom stereocenters. The van der Waals surface area contributed by atoms with Gasteiger partial charge in [0.15, 0.2) is 0 Å². The number of hydrogen-bond donors (Lipinski definition) is 1. The lowest BCUT2D eigenvalue weighted by Crippen LogP contribution is -2.46. The summed E-state index contributed by atoms with van der Waals surface area (Å²) in [5, 5.41) is 2.97. The van der Waals surface area contributed by atoms with Crippen molar-refractivity contribution in [3.05, 3.63) is 59.3 Å². The summed E-state index contributed by atoms with van der Waals surface area (Å²) >= 11 is 0. The Morgan fingerprint density at radius 2 is 2.08 bits per heavy atom. The molecule has 0 aliphatic carbocycles. The topological polar surface area (TPSA) is 48.5 Å². The number of amides is 1. The molecule has 3 rings (SSSR count). The van der Waals surface area contributed by atoms with Crippen LogP contribution >= 0.6 is 0 Å². The maximum Gasteiger partial charge on any atom is 0.253 e. The van der Waals surface area contributed by atoms with Gasteiger partial charge in [0.25, 0.3) is 5.91 Å². The second-order valence-corrected chi connectivity index (χ2v) is 6.41. The van der Waals surface area contributed by atoms with Gasteiger partial charge in [-0.1, -0.05) is 24.3 Å². The monoisotopic (exact) mass is 324 g/mol. The van der Waals surface area contributed by atoms with E-state index in [1.807, 2.05) is 11.9 Å². The average Bonchev–Trinajstić information content (AvgIpc) is 2.61. The highest BCUT2D eigenvalue weighted by molar-refractivity contribution is 5.94. The van der Waals surface area contributed by atoms with Crippen molar-refractivity contribution in [1.29, 1.82) is 0 Å². The number of pyridine rings is 1. The molecule has 2 aromatic rings. The Hall–Kier alpha value is -2.40. The fourth-order valence-corrected chi connectivity index (χ4v) is 3.24. The molecule has 126 valence electrons. The van der Waals surface area contributed by atoms with Crippen LogP contribution < -0.4 is 5.32 Å². The predicted molar refractivity (Wildman–Crippen MR) is 96.1 cm³/mol. The smallest absolute Gasteiger partial charge is 0.253 e. The molecule has 1 N–H and O–H groups in total. The number of nitrogens with zero attached hydrogens (tertiary/aromatic N) is 3. The third kappa shape index (κ3) is 3.41. The molecule has 1 aliphatic heterocycles. The number of anilines is 1. The van der Waals surface area contributed by atoms with E-state index in [0.29, 0.717) is 24.0 Å². The summed E-state index contributed by atoms with van der Waals surface area (Å²) in [6, 6.07) is 12.4. The van der Waals surface area contributed by atoms with Gasteiger partial charge in [-0.15, -0.1) is 0 Å². The van der Waals surface area contributed by atoms with Gasteiger partial charge in [0, 0.05) is 45.0 Å². The first-order valence-corrected chi connectivity index (χ1v) is 8.24. The van der Waals surface area contributed by atoms with Gasteiger partial charge in [0.2, 0.25) is 0 Å². The Balaban J connectivity index is 1.70. The summed E-state index contributed by atoms with van der Waals surface area (Å²) in [4.78, 5) is 21.0. The van der Waals surface area contributed by atoms with Crippen molar-refractivity contribution < 1.29 is 4.79 Å². The van der Waals surface area contributed by atoms with Crippen LogP contribution in [0.25, 0.3) is 0 Å². The summed E-state index contributed by atoms with van der Waals surface area (Å²) < 4.78 is 0. The average molecular weight is 324 g/mol. The van der Waals surface area contributed by atoms with E-state index in [0.717, 1.165) is 13.0 Å². The van der Waals surface area contributed by atoms with Crippen LogP contribution in [0.5, 0.6) is 0 Å². The maximum absolute atomic E-state index is 12.7. The van der Waals surface area contributed by atoms with Crippen molar-refractivity contribution in [1.82, 2.24) is 14.8 Å². The van der Waals surface area contributed by atoms with Crippen molar-refractivity contribution in [3.8, 4) is 0 Å². The van der Waals surface area contributed by atoms with Crippen molar-refractivity contribution >= 4 is 11.7 Å². The van der Waals surface area contributed by atoms with E-state index >= 15 is 0 Å². The molecule has 0 radical (unpaired) electrons. The number of hydrogen-bond acceptors (Lipinski definition) is 4. The summed E-state index contributed by atoms with van der Waals surface area (Å²) in [6.45, 7) is 1.64. The highest BCUT2D eigenvalue weighted by atomic mass is 16.2. The molecule has 5 heteroatoms. The van der Waals surface area contributed by atoms with E-state index in [2.05, 4.69) is 46.5 Å². The zero-order valence-corrected chi connectivity index (χ0v) is 14.5. The molecule has 1 aromatic carbocycles. The molecule has 0 spiro atoms. The molecule has 0 fully saturated rings. The summed E-state index contributed by atoms with van der Waals surface area (Å²) in [5.74, 6) is 0.735. The van der Waals surface area contributed by atoms with Crippen molar-refractivity contribution in [2.75, 3.05) is 33.0 Å². The zero-order chi connectivity index (χ0) is 17.1. The molecule has 0 bridgehead atoms. The van der Waals surface area contributed by atoms with Crippen molar-refractivity contribution in [2.45, 2.75) is 19.0 Å². The molecule has 1 aliphatic rings. The van der Waals surface area contributed by atoms with Crippen LogP contribution in [0, 0.1) is 0 Å². The quantitative estimate of drug-likeness (QED) is 0.937. The van der Waals surface area contributed by atoms with Crippen molar-refractivity contribution in [2.24, 2.45) is 0 Å². The number of carbonyl (C=O) groups excluding carboxylic acids is 1. The van der Waals surface area contributed by atoms with Gasteiger partial charge in [0.1, 0.15) is 5.82 Å². The molecular formula is C19H24N4O. The first-order chi connectivity index (χ1) is 11.6. The van der Waals surface area contributed by atoms with E-state index < -0.39 is 0 Å². The van der Waals surface area contributed by atoms with E-state index in [1.165, 1.54) is 11.1 Å². The standard InChI is InChI=1S/C19H24N4O/c1-20-18-11-15(8-9-21-18)19(24)23(3)13-17-10-14-6-4-5-7-16(14)12-22(17)2/h4-9,11,17H,10,12-13H2,1-3H3,(H,20,21)/t17-/m1/s1. The molecule has 5 nitrogen and oxygen atoms in total. The van der Waals surface area contributed by atoms with Gasteiger partial charge in [0.05, 0.1) is 0 Å². The number of fused-ring (bicyclic) bond motifs is 1. The highest BCUT2D eigenvalue weighted by Crippen LogP contribution is 2.22. The predicted octanol–water partition coefficient (Wildman–Crippen LogP) is 2.25. The summed E-state index contributed by atoms with van der Waals surface area (Å²) in [6.07, 6.45) is 2.64. The number of rotatable bonds is 4. The van der Waals surface area contributed by atoms with Crippen LogP contribution in [0.2, 0.25) is 0 Å². The van der Waals surface area contributed by atoms with Gasteiger partial charge in [-0.2, -0.15) is 0 Å². The fraction of sp³-hybridized carbons (Fsp3) is 0.368. The number of nitrogens with one attached hydrogen (secondary N) is 1. The maximum atomic E-state index is 12.7. The van der Waals surface area contributed by atoms with Crippen molar-refractivity contribution in [3.63, 3.8) is 0 Å². The van der Waals surface area contributed by atoms with Gasteiger partial charge >= 0.3 is 0 Å². The molecule has 0 saturated carbocycles. The lowest BCUT2D eigenvalue weighted by molar-refractivity contribution is 0.0733. The minimum atomic E-state index is 0.0289. The number of carbonyl (C=O) groups is 1. The van der Waals surface area contributed by atoms with Crippen LogP contribution in [-0.2, 0) is 13.0 Å². The van der Waals surface area contributed by atoms with E-state index in [4.69, 9.17) is 0 Å². The third-order valence-corrected chi connectivity index (χ3v) is 4.71. The first-order valence-electron chi connectivity index (χ1n) is 8.24. The highest BCUT2D eigenvalue weighted by Gasteiger charge is 2.25. The lowest BCUT2D eigenvalue weighted by Gasteiger charge is -2.36. The molecule has 1 amide bonds. The third-order valence-electron chi connectivity index (χ3n) is 4.71. The van der Waals surface area contributed by atoms with Gasteiger partial charge < -0.3 is 10.2 Å². The number of benzene rings is 1. The summed E-state index contributed by atoms with van der Waals surface area (Å²) in [7, 11) is 5.80. The summed E-state index contributed by atoms with van der Waals surface area (Å²) in [5.41, 5.74) is 3.44. The Labute approximate surface area is 143 Å². The van der Waals surface area contributed by atoms with Crippen LogP contribution in [0.15, 0.2) is 42.6 Å². The molecule has 0 saturated heterocycles. The second kappa shape index (κ2) is 7.01. The first kappa shape index (κ1) is 16.5. The largest absolute Gasteiger partial charge is 0.373 e. The van der Waals surface area contributed by atoms with E-state index in [-0.39, 0.29) is 5.91 Å². The molecular weight excluding hydrogens is 300 g/mol. The Kier molecular flexibility index (Phi) is 4.81. The fourth-order valence-electron chi connectivity index (χ4n) is 3.24. The Bertz CT molecular complexity index is 731. The van der Waals surface area contributed by atoms with Gasteiger partial charge in [-0.3, -0.25) is 9.69 Å². The number of likely N-dealkylation sites (N-methyl/N-ethyl adjacent to an activating group) is 2. The molecule has 2 heterocycles. The minimum absolute atomic E-state index is 0.0289. The van der Waals surface area contributed by atoms with Gasteiger partial charge in [-0.25, -0.2) is 4.98 Å². The molecule has 1 aromatic heterocycles. The van der Waals surface area contributed by atoms with E-state index in [9.17, 15) is 4.79 Å². The van der Waals surface area contributed by atoms with E-state index in [1.54, 1.807) is 25.4 Å². The molecule has 24 heavy (non-hydrogen) atoms. The second-order valence-electron chi connectivity index (χ2n) is 6.41. The van der Waals surface area contributed by atoms with Crippen LogP contribution in [0.1, 0.15) is 21.5 Å². The van der Waals surface area contributed by atoms with Crippen LogP contribution in [0.3, 0.4) is 0 Å². The SMILES string of the molecule is CNc1cc(C(=O)N(C)C[C@H]2Cc3ccccc3CN2C)ccn1.